The fourth-order valence-corrected chi connectivity index (χ4v) is 1.81. The molecule has 1 heterocycles. The summed E-state index contributed by atoms with van der Waals surface area (Å²) in [6, 6.07) is 1.85. The molecule has 0 saturated heterocycles. The van der Waals surface area contributed by atoms with Crippen LogP contribution in [0, 0.1) is 0 Å². The molecule has 14 heavy (non-hydrogen) atoms. The van der Waals surface area contributed by atoms with Crippen molar-refractivity contribution in [2.45, 2.75) is 32.9 Å². The number of carbonyl (C=O) groups is 1. The van der Waals surface area contributed by atoms with Crippen LogP contribution in [0.3, 0.4) is 0 Å². The molecule has 1 aromatic rings. The van der Waals surface area contributed by atoms with Crippen molar-refractivity contribution in [1.29, 1.82) is 0 Å². The minimum Gasteiger partial charge on any atom is -0.456 e. The predicted octanol–water partition coefficient (Wildman–Crippen LogP) is 2.16. The molecule has 0 aliphatic heterocycles. The average Bonchev–Trinajstić information content (AvgIpc) is 2.47. The Morgan fingerprint density at radius 2 is 2.21 bits per heavy atom. The Labute approximate surface area is 87.9 Å². The van der Waals surface area contributed by atoms with Crippen LogP contribution < -0.4 is 5.73 Å². The van der Waals surface area contributed by atoms with Gasteiger partial charge in [-0.2, -0.15) is 0 Å². The lowest BCUT2D eigenvalue weighted by molar-refractivity contribution is 0.00742. The summed E-state index contributed by atoms with van der Waals surface area (Å²) in [6.07, 6.45) is 0. The van der Waals surface area contributed by atoms with Crippen LogP contribution in [-0.4, -0.2) is 11.6 Å². The second kappa shape index (κ2) is 4.11. The van der Waals surface area contributed by atoms with Crippen LogP contribution in [0.1, 0.15) is 36.0 Å². The Hall–Kier alpha value is -0.870. The highest BCUT2D eigenvalue weighted by Crippen LogP contribution is 2.20. The summed E-state index contributed by atoms with van der Waals surface area (Å²) in [6.45, 7) is 5.92. The highest BCUT2D eigenvalue weighted by Gasteiger charge is 2.20. The molecule has 0 unspecified atom stereocenters. The van der Waals surface area contributed by atoms with Gasteiger partial charge in [-0.05, 0) is 37.8 Å². The van der Waals surface area contributed by atoms with Gasteiger partial charge in [-0.15, -0.1) is 11.3 Å². The van der Waals surface area contributed by atoms with Crippen molar-refractivity contribution in [2.24, 2.45) is 5.73 Å². The van der Waals surface area contributed by atoms with Crippen molar-refractivity contribution in [3.05, 3.63) is 21.9 Å². The molecule has 1 rings (SSSR count). The first-order valence-corrected chi connectivity index (χ1v) is 5.32. The fraction of sp³-hybridized carbons (Fsp3) is 0.500. The highest BCUT2D eigenvalue weighted by atomic mass is 32.1. The lowest BCUT2D eigenvalue weighted by Gasteiger charge is -2.19. The molecule has 1 aromatic heterocycles. The first kappa shape index (κ1) is 11.2. The number of nitrogens with two attached hydrogens (primary N) is 1. The van der Waals surface area contributed by atoms with Crippen molar-refractivity contribution in [3.8, 4) is 0 Å². The summed E-state index contributed by atoms with van der Waals surface area (Å²) in [5, 5.41) is 1.85. The van der Waals surface area contributed by atoms with Crippen LogP contribution >= 0.6 is 11.3 Å². The molecular weight excluding hydrogens is 198 g/mol. The lowest BCUT2D eigenvalue weighted by atomic mass is 10.2. The molecule has 0 spiro atoms. The van der Waals surface area contributed by atoms with E-state index in [9.17, 15) is 4.79 Å². The van der Waals surface area contributed by atoms with Gasteiger partial charge >= 0.3 is 5.97 Å². The third-order valence-corrected chi connectivity index (χ3v) is 2.49. The van der Waals surface area contributed by atoms with E-state index in [1.165, 1.54) is 11.3 Å². The summed E-state index contributed by atoms with van der Waals surface area (Å²) in [4.78, 5) is 12.2. The largest absolute Gasteiger partial charge is 0.456 e. The third kappa shape index (κ3) is 2.82. The van der Waals surface area contributed by atoms with Gasteiger partial charge in [-0.25, -0.2) is 4.79 Å². The average molecular weight is 213 g/mol. The maximum atomic E-state index is 11.6. The molecule has 0 atom stereocenters. The lowest BCUT2D eigenvalue weighted by Crippen LogP contribution is -2.24. The Morgan fingerprint density at radius 1 is 1.57 bits per heavy atom. The predicted molar refractivity (Wildman–Crippen MR) is 57.4 cm³/mol. The van der Waals surface area contributed by atoms with Crippen molar-refractivity contribution < 1.29 is 9.53 Å². The highest BCUT2D eigenvalue weighted by molar-refractivity contribution is 7.12. The third-order valence-electron chi connectivity index (χ3n) is 1.55. The second-order valence-electron chi connectivity index (χ2n) is 3.98. The molecular formula is C10H15NO2S. The first-order valence-electron chi connectivity index (χ1n) is 4.44. The molecule has 4 heteroatoms. The summed E-state index contributed by atoms with van der Waals surface area (Å²) in [7, 11) is 0. The van der Waals surface area contributed by atoms with Crippen molar-refractivity contribution in [1.82, 2.24) is 0 Å². The summed E-state index contributed by atoms with van der Waals surface area (Å²) in [5.74, 6) is -0.284. The maximum absolute atomic E-state index is 11.6. The topological polar surface area (TPSA) is 52.3 Å². The van der Waals surface area contributed by atoms with E-state index in [-0.39, 0.29) is 5.97 Å². The van der Waals surface area contributed by atoms with E-state index in [1.807, 2.05) is 32.2 Å². The van der Waals surface area contributed by atoms with Crippen molar-refractivity contribution in [2.75, 3.05) is 0 Å². The van der Waals surface area contributed by atoms with Gasteiger partial charge in [0.1, 0.15) is 10.5 Å². The van der Waals surface area contributed by atoms with Gasteiger partial charge in [0.15, 0.2) is 0 Å². The standard InChI is InChI=1S/C10H15NO2S/c1-10(2,3)13-9(12)8-7(6-11)4-5-14-8/h4-5H,6,11H2,1-3H3. The summed E-state index contributed by atoms with van der Waals surface area (Å²) in [5.41, 5.74) is 5.90. The van der Waals surface area contributed by atoms with Crippen LogP contribution in [0.4, 0.5) is 0 Å². The van der Waals surface area contributed by atoms with Crippen LogP contribution in [-0.2, 0) is 11.3 Å². The Morgan fingerprint density at radius 3 is 2.71 bits per heavy atom. The van der Waals surface area contributed by atoms with Gasteiger partial charge in [-0.3, -0.25) is 0 Å². The van der Waals surface area contributed by atoms with Crippen molar-refractivity contribution in [3.63, 3.8) is 0 Å². The molecule has 0 bridgehead atoms. The molecule has 2 N–H and O–H groups in total. The zero-order chi connectivity index (χ0) is 10.8. The minimum absolute atomic E-state index is 0.284. The fourth-order valence-electron chi connectivity index (χ4n) is 1.000. The second-order valence-corrected chi connectivity index (χ2v) is 4.90. The van der Waals surface area contributed by atoms with Gasteiger partial charge in [-0.1, -0.05) is 0 Å². The zero-order valence-corrected chi connectivity index (χ0v) is 9.48. The van der Waals surface area contributed by atoms with E-state index in [0.29, 0.717) is 11.4 Å². The number of esters is 1. The first-order chi connectivity index (χ1) is 6.44. The van der Waals surface area contributed by atoms with E-state index >= 15 is 0 Å². The molecule has 0 aromatic carbocycles. The monoisotopic (exact) mass is 213 g/mol. The Kier molecular flexibility index (Phi) is 3.29. The SMILES string of the molecule is CC(C)(C)OC(=O)c1sccc1CN. The zero-order valence-electron chi connectivity index (χ0n) is 8.66. The quantitative estimate of drug-likeness (QED) is 0.766. The van der Waals surface area contributed by atoms with E-state index in [1.54, 1.807) is 0 Å². The minimum atomic E-state index is -0.451. The normalized spacial score (nSPS) is 11.4. The van der Waals surface area contributed by atoms with Crippen LogP contribution in [0.2, 0.25) is 0 Å². The Balaban J connectivity index is 2.80. The van der Waals surface area contributed by atoms with Crippen LogP contribution in [0.15, 0.2) is 11.4 Å². The number of thiophene rings is 1. The summed E-state index contributed by atoms with van der Waals surface area (Å²) >= 11 is 1.37. The number of hydrogen-bond acceptors (Lipinski definition) is 4. The molecule has 0 saturated carbocycles. The van der Waals surface area contributed by atoms with E-state index in [0.717, 1.165) is 5.56 Å². The van der Waals surface area contributed by atoms with Crippen LogP contribution in [0.25, 0.3) is 0 Å². The molecule has 0 radical (unpaired) electrons. The molecule has 0 aliphatic rings. The van der Waals surface area contributed by atoms with E-state index in [2.05, 4.69) is 0 Å². The number of hydrogen-bond donors (Lipinski definition) is 1. The van der Waals surface area contributed by atoms with Gasteiger partial charge < -0.3 is 10.5 Å². The molecule has 0 amide bonds. The van der Waals surface area contributed by atoms with Gasteiger partial charge in [0.05, 0.1) is 0 Å². The molecule has 0 aliphatic carbocycles. The van der Waals surface area contributed by atoms with E-state index < -0.39 is 5.60 Å². The van der Waals surface area contributed by atoms with E-state index in [4.69, 9.17) is 10.5 Å². The van der Waals surface area contributed by atoms with Gasteiger partial charge in [0.2, 0.25) is 0 Å². The van der Waals surface area contributed by atoms with Gasteiger partial charge in [0.25, 0.3) is 0 Å². The number of ether oxygens (including phenoxy) is 1. The van der Waals surface area contributed by atoms with Crippen molar-refractivity contribution >= 4 is 17.3 Å². The summed E-state index contributed by atoms with van der Waals surface area (Å²) < 4.78 is 5.24. The van der Waals surface area contributed by atoms with Crippen LogP contribution in [0.5, 0.6) is 0 Å². The smallest absolute Gasteiger partial charge is 0.349 e. The molecule has 0 fully saturated rings. The maximum Gasteiger partial charge on any atom is 0.349 e. The number of rotatable bonds is 2. The Bertz CT molecular complexity index is 325. The molecule has 3 nitrogen and oxygen atoms in total. The van der Waals surface area contributed by atoms with Gasteiger partial charge in [0, 0.05) is 6.54 Å². The number of carbonyl (C=O) groups excluding carboxylic acids is 1. The molecule has 78 valence electrons.